The minimum atomic E-state index is 0.465. The summed E-state index contributed by atoms with van der Waals surface area (Å²) in [4.78, 5) is 0. The Morgan fingerprint density at radius 2 is 2.57 bits per heavy atom. The van der Waals surface area contributed by atoms with Crippen molar-refractivity contribution in [3.05, 3.63) is 18.5 Å². The van der Waals surface area contributed by atoms with Gasteiger partial charge in [0.25, 0.3) is 0 Å². The molecule has 0 saturated heterocycles. The molecule has 2 radical (unpaired) electrons. The largest absolute Gasteiger partial charge is 0.282 e. The van der Waals surface area contributed by atoms with E-state index in [0.717, 1.165) is 0 Å². The first-order valence-corrected chi connectivity index (χ1v) is 2.11. The SMILES string of the molecule is [B]Cn1cccn1. The van der Waals surface area contributed by atoms with E-state index in [-0.39, 0.29) is 0 Å². The van der Waals surface area contributed by atoms with Gasteiger partial charge in [-0.05, 0) is 6.07 Å². The molecule has 0 aliphatic heterocycles. The standard InChI is InChI=1S/C4H5BN2/c5-4-7-3-1-2-6-7/h1-3H,4H2. The van der Waals surface area contributed by atoms with E-state index in [0.29, 0.717) is 6.44 Å². The van der Waals surface area contributed by atoms with Crippen molar-refractivity contribution in [2.45, 2.75) is 6.44 Å². The van der Waals surface area contributed by atoms with E-state index in [1.165, 1.54) is 0 Å². The van der Waals surface area contributed by atoms with Crippen molar-refractivity contribution in [2.75, 3.05) is 0 Å². The van der Waals surface area contributed by atoms with Gasteiger partial charge in [-0.1, -0.05) is 0 Å². The van der Waals surface area contributed by atoms with Crippen LogP contribution < -0.4 is 0 Å². The van der Waals surface area contributed by atoms with Crippen LogP contribution >= 0.6 is 0 Å². The van der Waals surface area contributed by atoms with E-state index in [4.69, 9.17) is 7.85 Å². The highest BCUT2D eigenvalue weighted by molar-refractivity contribution is 6.06. The summed E-state index contributed by atoms with van der Waals surface area (Å²) in [5.41, 5.74) is 0. The van der Waals surface area contributed by atoms with Crippen molar-refractivity contribution in [1.82, 2.24) is 9.78 Å². The molecule has 0 saturated carbocycles. The fourth-order valence-corrected chi connectivity index (χ4v) is 0.408. The van der Waals surface area contributed by atoms with Gasteiger partial charge in [0.2, 0.25) is 0 Å². The molecule has 0 unspecified atom stereocenters. The summed E-state index contributed by atoms with van der Waals surface area (Å²) < 4.78 is 1.65. The van der Waals surface area contributed by atoms with Gasteiger partial charge < -0.3 is 0 Å². The summed E-state index contributed by atoms with van der Waals surface area (Å²) in [6.07, 6.45) is 3.99. The fourth-order valence-electron chi connectivity index (χ4n) is 0.408. The van der Waals surface area contributed by atoms with Crippen LogP contribution in [0.5, 0.6) is 0 Å². The Morgan fingerprint density at radius 1 is 1.71 bits per heavy atom. The van der Waals surface area contributed by atoms with E-state index in [1.807, 2.05) is 12.3 Å². The average molecular weight is 91.9 g/mol. The predicted octanol–water partition coefficient (Wildman–Crippen LogP) is 0.00910. The van der Waals surface area contributed by atoms with Crippen LogP contribution in [-0.4, -0.2) is 17.6 Å². The first-order chi connectivity index (χ1) is 3.43. The second-order valence-electron chi connectivity index (χ2n) is 1.23. The van der Waals surface area contributed by atoms with E-state index < -0.39 is 0 Å². The minimum Gasteiger partial charge on any atom is -0.282 e. The Balaban J connectivity index is 2.76. The number of nitrogens with zero attached hydrogens (tertiary/aromatic N) is 2. The Morgan fingerprint density at radius 3 is 2.86 bits per heavy atom. The van der Waals surface area contributed by atoms with Gasteiger partial charge in [-0.2, -0.15) is 5.10 Å². The molecule has 0 atom stereocenters. The molecule has 0 N–H and O–H groups in total. The number of hydrogen-bond acceptors (Lipinski definition) is 1. The maximum atomic E-state index is 5.19. The molecule has 1 aromatic rings. The van der Waals surface area contributed by atoms with Crippen molar-refractivity contribution in [1.29, 1.82) is 0 Å². The lowest BCUT2D eigenvalue weighted by Crippen LogP contribution is -1.95. The zero-order valence-corrected chi connectivity index (χ0v) is 3.91. The van der Waals surface area contributed by atoms with Crippen molar-refractivity contribution < 1.29 is 0 Å². The van der Waals surface area contributed by atoms with Gasteiger partial charge in [0.05, 0.1) is 7.85 Å². The van der Waals surface area contributed by atoms with E-state index in [9.17, 15) is 0 Å². The average Bonchev–Trinajstić information content (AvgIpc) is 2.14. The molecule has 2 nitrogen and oxygen atoms in total. The molecule has 3 heteroatoms. The summed E-state index contributed by atoms with van der Waals surface area (Å²) in [6, 6.07) is 1.84. The summed E-state index contributed by atoms with van der Waals surface area (Å²) in [7, 11) is 5.19. The third kappa shape index (κ3) is 0.826. The number of aromatic nitrogens is 2. The Hall–Kier alpha value is -0.725. The molecule has 0 spiro atoms. The van der Waals surface area contributed by atoms with E-state index in [2.05, 4.69) is 5.10 Å². The van der Waals surface area contributed by atoms with Crippen LogP contribution in [-0.2, 0) is 6.44 Å². The maximum Gasteiger partial charge on any atom is 0.0972 e. The summed E-state index contributed by atoms with van der Waals surface area (Å²) in [5, 5.41) is 3.83. The third-order valence-corrected chi connectivity index (χ3v) is 0.746. The smallest absolute Gasteiger partial charge is 0.0972 e. The highest BCUT2D eigenvalue weighted by Crippen LogP contribution is 1.77. The zero-order chi connectivity index (χ0) is 5.11. The molecule has 0 aromatic carbocycles. The summed E-state index contributed by atoms with van der Waals surface area (Å²) >= 11 is 0. The second-order valence-corrected chi connectivity index (χ2v) is 1.23. The van der Waals surface area contributed by atoms with Crippen LogP contribution in [0.15, 0.2) is 18.5 Å². The third-order valence-electron chi connectivity index (χ3n) is 0.746. The molecular formula is C4H5BN2. The molecule has 0 fully saturated rings. The van der Waals surface area contributed by atoms with Crippen LogP contribution in [0.2, 0.25) is 0 Å². The monoisotopic (exact) mass is 92.1 g/mol. The van der Waals surface area contributed by atoms with Gasteiger partial charge in [0.1, 0.15) is 0 Å². The van der Waals surface area contributed by atoms with Crippen LogP contribution in [0.1, 0.15) is 0 Å². The summed E-state index contributed by atoms with van der Waals surface area (Å²) in [5.74, 6) is 0. The molecule has 0 amide bonds. The topological polar surface area (TPSA) is 17.8 Å². The van der Waals surface area contributed by atoms with Gasteiger partial charge in [0.15, 0.2) is 0 Å². The predicted molar refractivity (Wildman–Crippen MR) is 28.0 cm³/mol. The molecule has 34 valence electrons. The minimum absolute atomic E-state index is 0.465. The van der Waals surface area contributed by atoms with Crippen molar-refractivity contribution in [3.8, 4) is 0 Å². The lowest BCUT2D eigenvalue weighted by atomic mass is 10.2. The van der Waals surface area contributed by atoms with Crippen LogP contribution in [0.3, 0.4) is 0 Å². The van der Waals surface area contributed by atoms with E-state index >= 15 is 0 Å². The van der Waals surface area contributed by atoms with E-state index in [1.54, 1.807) is 10.9 Å². The molecule has 0 aliphatic rings. The van der Waals surface area contributed by atoms with Crippen LogP contribution in [0.4, 0.5) is 0 Å². The van der Waals surface area contributed by atoms with Gasteiger partial charge >= 0.3 is 0 Å². The molecule has 0 aliphatic carbocycles. The highest BCUT2D eigenvalue weighted by atomic mass is 15.2. The van der Waals surface area contributed by atoms with Gasteiger partial charge in [-0.3, -0.25) is 4.68 Å². The summed E-state index contributed by atoms with van der Waals surface area (Å²) in [6.45, 7) is 0. The lowest BCUT2D eigenvalue weighted by molar-refractivity contribution is 0.743. The van der Waals surface area contributed by atoms with Crippen LogP contribution in [0, 0.1) is 0 Å². The van der Waals surface area contributed by atoms with Crippen molar-refractivity contribution in [2.24, 2.45) is 0 Å². The molecule has 1 heterocycles. The fraction of sp³-hybridized carbons (Fsp3) is 0.250. The number of rotatable bonds is 1. The number of hydrogen-bond donors (Lipinski definition) is 0. The first kappa shape index (κ1) is 4.43. The normalized spacial score (nSPS) is 9.14. The Labute approximate surface area is 43.6 Å². The van der Waals surface area contributed by atoms with Gasteiger partial charge in [-0.25, -0.2) is 0 Å². The Kier molecular flexibility index (Phi) is 1.15. The molecule has 7 heavy (non-hydrogen) atoms. The lowest BCUT2D eigenvalue weighted by Gasteiger charge is -1.87. The quantitative estimate of drug-likeness (QED) is 0.446. The Bertz CT molecular complexity index is 124. The highest BCUT2D eigenvalue weighted by Gasteiger charge is 1.77. The molecule has 1 aromatic heterocycles. The second kappa shape index (κ2) is 1.82. The zero-order valence-electron chi connectivity index (χ0n) is 3.91. The maximum absolute atomic E-state index is 5.19. The molecule has 1 rings (SSSR count). The van der Waals surface area contributed by atoms with Crippen molar-refractivity contribution >= 4 is 7.85 Å². The van der Waals surface area contributed by atoms with Crippen LogP contribution in [0.25, 0.3) is 0 Å². The molecule has 0 bridgehead atoms. The van der Waals surface area contributed by atoms with Gasteiger partial charge in [-0.15, -0.1) is 0 Å². The van der Waals surface area contributed by atoms with Crippen molar-refractivity contribution in [3.63, 3.8) is 0 Å². The van der Waals surface area contributed by atoms with Gasteiger partial charge in [0, 0.05) is 18.8 Å². The molecular weight excluding hydrogens is 86.9 g/mol. The first-order valence-electron chi connectivity index (χ1n) is 2.11.